The highest BCUT2D eigenvalue weighted by Crippen LogP contribution is 2.44. The van der Waals surface area contributed by atoms with Gasteiger partial charge in [0, 0.05) is 27.7 Å². The normalized spacial score (nSPS) is 17.1. The molecule has 0 radical (unpaired) electrons. The summed E-state index contributed by atoms with van der Waals surface area (Å²) < 4.78 is 6.36. The summed E-state index contributed by atoms with van der Waals surface area (Å²) in [7, 11) is 0. The third kappa shape index (κ3) is 5.68. The van der Waals surface area contributed by atoms with Crippen LogP contribution in [0.25, 0.3) is 0 Å². The van der Waals surface area contributed by atoms with Gasteiger partial charge in [0.25, 0.3) is 0 Å². The van der Waals surface area contributed by atoms with Gasteiger partial charge in [-0.3, -0.25) is 9.78 Å². The lowest BCUT2D eigenvalue weighted by Crippen LogP contribution is -2.29. The molecule has 3 heterocycles. The maximum Gasteiger partial charge on any atom is 0.226 e. The highest BCUT2D eigenvalue weighted by molar-refractivity contribution is 7.99. The number of hydrogen-bond donors (Lipinski definition) is 2. The summed E-state index contributed by atoms with van der Waals surface area (Å²) >= 11 is 19.9. The lowest BCUT2D eigenvalue weighted by atomic mass is 10.0. The van der Waals surface area contributed by atoms with Crippen LogP contribution in [0.4, 0.5) is 11.4 Å². The van der Waals surface area contributed by atoms with Crippen molar-refractivity contribution in [3.8, 4) is 0 Å². The monoisotopic (exact) mass is 582 g/mol. The Bertz CT molecular complexity index is 1460. The Kier molecular flexibility index (Phi) is 7.95. The zero-order valence-electron chi connectivity index (χ0n) is 20.5. The molecule has 0 bridgehead atoms. The summed E-state index contributed by atoms with van der Waals surface area (Å²) in [6.45, 7) is 3.66. The van der Waals surface area contributed by atoms with Crippen LogP contribution < -0.4 is 15.5 Å². The van der Waals surface area contributed by atoms with Crippen LogP contribution in [0.2, 0.25) is 10.0 Å². The molecule has 2 atom stereocenters. The minimum atomic E-state index is -0.330. The van der Waals surface area contributed by atoms with E-state index in [1.807, 2.05) is 79.4 Å². The predicted octanol–water partition coefficient (Wildman–Crippen LogP) is 7.90. The Balaban J connectivity index is 1.49. The number of amides is 1. The molecule has 2 N–H and O–H groups in total. The van der Waals surface area contributed by atoms with Crippen LogP contribution in [0.5, 0.6) is 0 Å². The SMILES string of the molecule is CC(C)C(=O)Nc1ccc(N2C(=S)N[C@H](c3ccccn3)[C@@H]2c2ccc(Sc3ccc(Cl)cc3)o2)cc1Cl. The van der Waals surface area contributed by atoms with Crippen molar-refractivity contribution in [1.29, 1.82) is 0 Å². The van der Waals surface area contributed by atoms with Gasteiger partial charge in [-0.1, -0.05) is 54.9 Å². The van der Waals surface area contributed by atoms with Crippen molar-refractivity contribution in [1.82, 2.24) is 10.3 Å². The van der Waals surface area contributed by atoms with Crippen molar-refractivity contribution in [2.75, 3.05) is 10.2 Å². The van der Waals surface area contributed by atoms with Crippen LogP contribution in [0, 0.1) is 5.92 Å². The van der Waals surface area contributed by atoms with Gasteiger partial charge in [-0.25, -0.2) is 0 Å². The molecule has 0 unspecified atom stereocenters. The molecule has 0 spiro atoms. The van der Waals surface area contributed by atoms with E-state index >= 15 is 0 Å². The summed E-state index contributed by atoms with van der Waals surface area (Å²) in [5.74, 6) is 0.452. The lowest BCUT2D eigenvalue weighted by Gasteiger charge is -2.26. The molecule has 1 aliphatic heterocycles. The number of nitrogens with zero attached hydrogens (tertiary/aromatic N) is 2. The number of rotatable bonds is 7. The number of thiocarbonyl (C=S) groups is 1. The molecule has 1 amide bonds. The molecule has 194 valence electrons. The molecule has 2 aromatic heterocycles. The highest BCUT2D eigenvalue weighted by atomic mass is 35.5. The Morgan fingerprint density at radius 3 is 2.58 bits per heavy atom. The van der Waals surface area contributed by atoms with Crippen molar-refractivity contribution in [3.63, 3.8) is 0 Å². The van der Waals surface area contributed by atoms with Crippen molar-refractivity contribution in [2.45, 2.75) is 35.9 Å². The summed E-state index contributed by atoms with van der Waals surface area (Å²) in [5.41, 5.74) is 2.14. The van der Waals surface area contributed by atoms with Gasteiger partial charge in [0.05, 0.1) is 22.4 Å². The molecule has 5 rings (SSSR count). The number of anilines is 2. The predicted molar refractivity (Wildman–Crippen MR) is 157 cm³/mol. The fraction of sp³-hybridized carbons (Fsp3) is 0.179. The van der Waals surface area contributed by atoms with E-state index in [0.29, 0.717) is 20.8 Å². The summed E-state index contributed by atoms with van der Waals surface area (Å²) in [6, 6.07) is 22.2. The van der Waals surface area contributed by atoms with Crippen LogP contribution in [0.15, 0.2) is 93.4 Å². The van der Waals surface area contributed by atoms with Gasteiger partial charge in [0.15, 0.2) is 10.2 Å². The Hall–Kier alpha value is -3.04. The summed E-state index contributed by atoms with van der Waals surface area (Å²) in [5, 5.41) is 8.64. The topological polar surface area (TPSA) is 70.4 Å². The standard InChI is InChI=1S/C28H24Cl2N4O2S2/c1-16(2)27(35)32-21-11-8-18(15-20(21)30)34-26(25(33-28(34)37)22-5-3-4-14-31-22)23-12-13-24(36-23)38-19-9-6-17(29)7-10-19/h3-16,25-26H,1-2H3,(H,32,35)(H,33,37)/t25-,26+/m1/s1. The first-order valence-electron chi connectivity index (χ1n) is 11.9. The van der Waals surface area contributed by atoms with Crippen LogP contribution in [0.3, 0.4) is 0 Å². The van der Waals surface area contributed by atoms with E-state index in [4.69, 9.17) is 39.8 Å². The van der Waals surface area contributed by atoms with Gasteiger partial charge in [0.1, 0.15) is 11.8 Å². The number of halogens is 2. The third-order valence-electron chi connectivity index (χ3n) is 6.04. The van der Waals surface area contributed by atoms with Crippen LogP contribution in [-0.4, -0.2) is 16.0 Å². The zero-order valence-corrected chi connectivity index (χ0v) is 23.7. The van der Waals surface area contributed by atoms with Gasteiger partial charge < -0.3 is 20.0 Å². The van der Waals surface area contributed by atoms with E-state index in [1.54, 1.807) is 18.3 Å². The first kappa shape index (κ1) is 26.6. The van der Waals surface area contributed by atoms with Crippen molar-refractivity contribution < 1.29 is 9.21 Å². The quantitative estimate of drug-likeness (QED) is 0.214. The molecule has 38 heavy (non-hydrogen) atoms. The van der Waals surface area contributed by atoms with Crippen LogP contribution >= 0.6 is 47.2 Å². The number of benzene rings is 2. The maximum atomic E-state index is 12.2. The number of pyridine rings is 1. The Labute approximate surface area is 240 Å². The van der Waals surface area contributed by atoms with E-state index < -0.39 is 0 Å². The van der Waals surface area contributed by atoms with E-state index in [0.717, 1.165) is 27.1 Å². The molecule has 1 aliphatic rings. The molecule has 4 aromatic rings. The van der Waals surface area contributed by atoms with Gasteiger partial charge >= 0.3 is 0 Å². The fourth-order valence-electron chi connectivity index (χ4n) is 4.12. The van der Waals surface area contributed by atoms with Gasteiger partial charge in [-0.05, 0) is 78.9 Å². The van der Waals surface area contributed by atoms with E-state index in [1.165, 1.54) is 11.8 Å². The second-order valence-electron chi connectivity index (χ2n) is 9.02. The van der Waals surface area contributed by atoms with Crippen molar-refractivity contribution >= 4 is 69.6 Å². The average molecular weight is 584 g/mol. The molecule has 6 nitrogen and oxygen atoms in total. The molecular formula is C28H24Cl2N4O2S2. The summed E-state index contributed by atoms with van der Waals surface area (Å²) in [6.07, 6.45) is 1.76. The maximum absolute atomic E-state index is 12.2. The second-order valence-corrected chi connectivity index (χ2v) is 11.3. The first-order valence-corrected chi connectivity index (χ1v) is 13.9. The average Bonchev–Trinajstić information content (AvgIpc) is 3.51. The number of furan rings is 1. The molecule has 10 heteroatoms. The zero-order chi connectivity index (χ0) is 26.8. The fourth-order valence-corrected chi connectivity index (χ4v) is 5.59. The molecule has 1 saturated heterocycles. The molecule has 0 saturated carbocycles. The Morgan fingerprint density at radius 2 is 1.89 bits per heavy atom. The minimum absolute atomic E-state index is 0.104. The molecule has 2 aromatic carbocycles. The smallest absolute Gasteiger partial charge is 0.226 e. The number of nitrogens with one attached hydrogen (secondary N) is 2. The largest absolute Gasteiger partial charge is 0.452 e. The number of hydrogen-bond acceptors (Lipinski definition) is 5. The molecular weight excluding hydrogens is 559 g/mol. The number of carbonyl (C=O) groups is 1. The minimum Gasteiger partial charge on any atom is -0.452 e. The van der Waals surface area contributed by atoms with E-state index in [-0.39, 0.29) is 23.9 Å². The van der Waals surface area contributed by atoms with Crippen molar-refractivity contribution in [3.05, 3.63) is 100 Å². The summed E-state index contributed by atoms with van der Waals surface area (Å²) in [4.78, 5) is 19.8. The third-order valence-corrected chi connectivity index (χ3v) is 7.84. The molecule has 1 fully saturated rings. The van der Waals surface area contributed by atoms with E-state index in [9.17, 15) is 4.79 Å². The number of aromatic nitrogens is 1. The van der Waals surface area contributed by atoms with Gasteiger partial charge in [0.2, 0.25) is 5.91 Å². The van der Waals surface area contributed by atoms with Crippen molar-refractivity contribution in [2.24, 2.45) is 5.92 Å². The van der Waals surface area contributed by atoms with E-state index in [2.05, 4.69) is 15.6 Å². The lowest BCUT2D eigenvalue weighted by molar-refractivity contribution is -0.118. The first-order chi connectivity index (χ1) is 18.3. The Morgan fingerprint density at radius 1 is 1.11 bits per heavy atom. The number of carbonyl (C=O) groups excluding carboxylic acids is 1. The second kappa shape index (κ2) is 11.4. The van der Waals surface area contributed by atoms with Crippen LogP contribution in [-0.2, 0) is 4.79 Å². The van der Waals surface area contributed by atoms with Gasteiger partial charge in [-0.2, -0.15) is 0 Å². The van der Waals surface area contributed by atoms with Gasteiger partial charge in [-0.15, -0.1) is 0 Å². The van der Waals surface area contributed by atoms with Crippen LogP contribution in [0.1, 0.15) is 37.4 Å². The highest BCUT2D eigenvalue weighted by Gasteiger charge is 2.42. The molecule has 0 aliphatic carbocycles.